The Bertz CT molecular complexity index is 333. The Morgan fingerprint density at radius 1 is 1.20 bits per heavy atom. The number of carbonyl (C=O) groups excluding carboxylic acids is 2. The van der Waals surface area contributed by atoms with Crippen LogP contribution in [-0.2, 0) is 4.79 Å². The van der Waals surface area contributed by atoms with Crippen molar-refractivity contribution in [2.24, 2.45) is 0 Å². The van der Waals surface area contributed by atoms with Crippen LogP contribution in [0.3, 0.4) is 0 Å². The summed E-state index contributed by atoms with van der Waals surface area (Å²) in [6, 6.07) is 9.17. The van der Waals surface area contributed by atoms with Gasteiger partial charge in [-0.05, 0) is 0 Å². The van der Waals surface area contributed by atoms with Gasteiger partial charge in [0, 0.05) is 24.2 Å². The normalized spacial score (nSPS) is 9.93. The zero-order valence-electron chi connectivity index (χ0n) is 8.73. The third kappa shape index (κ3) is 4.30. The second-order valence-corrected chi connectivity index (χ2v) is 4.27. The Morgan fingerprint density at radius 2 is 1.87 bits per heavy atom. The highest BCUT2D eigenvalue weighted by Crippen LogP contribution is 2.10. The van der Waals surface area contributed by atoms with Crippen LogP contribution in [-0.4, -0.2) is 16.7 Å². The van der Waals surface area contributed by atoms with Crippen molar-refractivity contribution in [3.8, 4) is 0 Å². The Kier molecular flexibility index (Phi) is 5.12. The minimum absolute atomic E-state index is 0.104. The molecule has 0 heterocycles. The van der Waals surface area contributed by atoms with E-state index in [0.717, 1.165) is 5.56 Å². The summed E-state index contributed by atoms with van der Waals surface area (Å²) in [7, 11) is 0. The van der Waals surface area contributed by atoms with Crippen LogP contribution in [0.4, 0.5) is 0 Å². The van der Waals surface area contributed by atoms with Crippen LogP contribution in [0.2, 0.25) is 0 Å². The van der Waals surface area contributed by atoms with Gasteiger partial charge >= 0.3 is 0 Å². The molecule has 0 amide bonds. The average Bonchev–Trinajstić information content (AvgIpc) is 2.29. The van der Waals surface area contributed by atoms with Crippen LogP contribution in [0, 0.1) is 0 Å². The first-order valence-electron chi connectivity index (χ1n) is 4.98. The standard InChI is InChI=1S/C12H14O2S/c1-2-12(14)15-9-8-11(13)10-6-4-3-5-7-10/h3-7H,2,8-9H2,1H3. The number of Topliss-reactive ketones (excluding diaryl/α,β-unsaturated/α-hetero) is 1. The third-order valence-corrected chi connectivity index (χ3v) is 3.00. The molecule has 0 aliphatic carbocycles. The fourth-order valence-electron chi connectivity index (χ4n) is 1.13. The molecule has 0 radical (unpaired) electrons. The van der Waals surface area contributed by atoms with Gasteiger partial charge in [-0.15, -0.1) is 0 Å². The first-order chi connectivity index (χ1) is 7.24. The molecule has 0 saturated heterocycles. The van der Waals surface area contributed by atoms with Crippen molar-refractivity contribution in [3.05, 3.63) is 35.9 Å². The number of carbonyl (C=O) groups is 2. The van der Waals surface area contributed by atoms with Crippen molar-refractivity contribution in [2.75, 3.05) is 5.75 Å². The van der Waals surface area contributed by atoms with Crippen LogP contribution in [0.1, 0.15) is 30.1 Å². The maximum Gasteiger partial charge on any atom is 0.188 e. The van der Waals surface area contributed by atoms with Crippen molar-refractivity contribution >= 4 is 22.7 Å². The molecular weight excluding hydrogens is 208 g/mol. The van der Waals surface area contributed by atoms with Crippen LogP contribution in [0.25, 0.3) is 0 Å². The summed E-state index contributed by atoms with van der Waals surface area (Å²) in [5.41, 5.74) is 0.724. The summed E-state index contributed by atoms with van der Waals surface area (Å²) in [5, 5.41) is 0.149. The maximum absolute atomic E-state index is 11.6. The minimum Gasteiger partial charge on any atom is -0.294 e. The van der Waals surface area contributed by atoms with E-state index in [1.54, 1.807) is 12.1 Å². The molecule has 0 unspecified atom stereocenters. The molecule has 3 heteroatoms. The Morgan fingerprint density at radius 3 is 2.47 bits per heavy atom. The Hall–Kier alpha value is -1.09. The second kappa shape index (κ2) is 6.40. The molecule has 1 aromatic carbocycles. The van der Waals surface area contributed by atoms with Crippen LogP contribution in [0.5, 0.6) is 0 Å². The minimum atomic E-state index is 0.104. The fourth-order valence-corrected chi connectivity index (χ4v) is 1.85. The average molecular weight is 222 g/mol. The van der Waals surface area contributed by atoms with Crippen molar-refractivity contribution in [1.82, 2.24) is 0 Å². The van der Waals surface area contributed by atoms with E-state index in [1.165, 1.54) is 11.8 Å². The predicted octanol–water partition coefficient (Wildman–Crippen LogP) is 2.93. The summed E-state index contributed by atoms with van der Waals surface area (Å²) in [4.78, 5) is 22.6. The number of rotatable bonds is 5. The Balaban J connectivity index is 2.34. The molecule has 1 aromatic rings. The summed E-state index contributed by atoms with van der Waals surface area (Å²) >= 11 is 1.24. The van der Waals surface area contributed by atoms with Gasteiger partial charge in [0.2, 0.25) is 0 Å². The van der Waals surface area contributed by atoms with Gasteiger partial charge < -0.3 is 0 Å². The van der Waals surface area contributed by atoms with E-state index in [0.29, 0.717) is 18.6 Å². The molecule has 0 spiro atoms. The van der Waals surface area contributed by atoms with Gasteiger partial charge in [0.1, 0.15) is 0 Å². The largest absolute Gasteiger partial charge is 0.294 e. The van der Waals surface area contributed by atoms with Crippen molar-refractivity contribution in [2.45, 2.75) is 19.8 Å². The van der Waals surface area contributed by atoms with Gasteiger partial charge in [-0.2, -0.15) is 0 Å². The highest BCUT2D eigenvalue weighted by molar-refractivity contribution is 8.13. The molecule has 0 saturated carbocycles. The van der Waals surface area contributed by atoms with Gasteiger partial charge in [0.15, 0.2) is 10.9 Å². The number of ketones is 1. The van der Waals surface area contributed by atoms with E-state index in [1.807, 2.05) is 25.1 Å². The summed E-state index contributed by atoms with van der Waals surface area (Å²) in [6.07, 6.45) is 0.963. The molecule has 0 N–H and O–H groups in total. The van der Waals surface area contributed by atoms with Crippen molar-refractivity contribution < 1.29 is 9.59 Å². The smallest absolute Gasteiger partial charge is 0.188 e. The molecule has 0 bridgehead atoms. The number of hydrogen-bond donors (Lipinski definition) is 0. The molecule has 80 valence electrons. The van der Waals surface area contributed by atoms with Crippen LogP contribution in [0.15, 0.2) is 30.3 Å². The van der Waals surface area contributed by atoms with Gasteiger partial charge in [-0.3, -0.25) is 9.59 Å². The number of thioether (sulfide) groups is 1. The first-order valence-corrected chi connectivity index (χ1v) is 5.96. The molecule has 0 atom stereocenters. The summed E-state index contributed by atoms with van der Waals surface area (Å²) in [5.74, 6) is 0.687. The second-order valence-electron chi connectivity index (χ2n) is 3.11. The van der Waals surface area contributed by atoms with E-state index in [2.05, 4.69) is 0 Å². The lowest BCUT2D eigenvalue weighted by Gasteiger charge is -1.99. The van der Waals surface area contributed by atoms with Gasteiger partial charge in [0.25, 0.3) is 0 Å². The van der Waals surface area contributed by atoms with E-state index in [-0.39, 0.29) is 10.9 Å². The molecular formula is C12H14O2S. The lowest BCUT2D eigenvalue weighted by molar-refractivity contribution is -0.110. The van der Waals surface area contributed by atoms with E-state index < -0.39 is 0 Å². The molecule has 0 fully saturated rings. The van der Waals surface area contributed by atoms with Gasteiger partial charge in [-0.25, -0.2) is 0 Å². The first kappa shape index (κ1) is 12.0. The maximum atomic E-state index is 11.6. The molecule has 0 aliphatic heterocycles. The molecule has 15 heavy (non-hydrogen) atoms. The zero-order chi connectivity index (χ0) is 11.1. The Labute approximate surface area is 94.1 Å². The molecule has 0 aromatic heterocycles. The lowest BCUT2D eigenvalue weighted by atomic mass is 10.1. The van der Waals surface area contributed by atoms with Gasteiger partial charge in [0.05, 0.1) is 0 Å². The highest BCUT2D eigenvalue weighted by atomic mass is 32.2. The summed E-state index contributed by atoms with van der Waals surface area (Å²) < 4.78 is 0. The van der Waals surface area contributed by atoms with Crippen LogP contribution < -0.4 is 0 Å². The molecule has 2 nitrogen and oxygen atoms in total. The fraction of sp³-hybridized carbons (Fsp3) is 0.333. The molecule has 1 rings (SSSR count). The van der Waals surface area contributed by atoms with E-state index >= 15 is 0 Å². The quantitative estimate of drug-likeness (QED) is 0.718. The third-order valence-electron chi connectivity index (χ3n) is 1.98. The highest BCUT2D eigenvalue weighted by Gasteiger charge is 2.06. The van der Waals surface area contributed by atoms with Gasteiger partial charge in [-0.1, -0.05) is 49.0 Å². The predicted molar refractivity (Wildman–Crippen MR) is 63.1 cm³/mol. The monoisotopic (exact) mass is 222 g/mol. The van der Waals surface area contributed by atoms with E-state index in [9.17, 15) is 9.59 Å². The SMILES string of the molecule is CCC(=O)SCCC(=O)c1ccccc1. The van der Waals surface area contributed by atoms with Crippen molar-refractivity contribution in [1.29, 1.82) is 0 Å². The van der Waals surface area contributed by atoms with Crippen LogP contribution >= 0.6 is 11.8 Å². The lowest BCUT2D eigenvalue weighted by Crippen LogP contribution is -2.01. The molecule has 0 aliphatic rings. The zero-order valence-corrected chi connectivity index (χ0v) is 9.55. The van der Waals surface area contributed by atoms with Crippen molar-refractivity contribution in [3.63, 3.8) is 0 Å². The number of benzene rings is 1. The van der Waals surface area contributed by atoms with E-state index in [4.69, 9.17) is 0 Å². The number of hydrogen-bond acceptors (Lipinski definition) is 3. The summed E-state index contributed by atoms with van der Waals surface area (Å²) in [6.45, 7) is 1.83. The topological polar surface area (TPSA) is 34.1 Å².